The molecule has 0 saturated carbocycles. The van der Waals surface area contributed by atoms with Crippen molar-refractivity contribution in [3.8, 4) is 0 Å². The molecule has 0 saturated heterocycles. The highest BCUT2D eigenvalue weighted by molar-refractivity contribution is 6.06. The number of fused-ring (bicyclic) bond motifs is 1. The molecule has 1 aromatic heterocycles. The molecule has 8 heteroatoms. The maximum absolute atomic E-state index is 12.3. The highest BCUT2D eigenvalue weighted by Gasteiger charge is 2.21. The first-order chi connectivity index (χ1) is 12.5. The standard InChI is InChI=1S/C18H20N2O6/c1-4-25-17(22)15-12(11-8-6-7-9-13(11)19-15)10-14(16(21)24-3)20-18(23)26-5-2/h6-10,19H,4-5H2,1-3H3,(H,20,23)/b14-10-. The predicted octanol–water partition coefficient (Wildman–Crippen LogP) is 2.60. The molecular formula is C18H20N2O6. The highest BCUT2D eigenvalue weighted by atomic mass is 16.6. The lowest BCUT2D eigenvalue weighted by molar-refractivity contribution is -0.136. The zero-order valence-corrected chi connectivity index (χ0v) is 14.8. The number of carbonyl (C=O) groups excluding carboxylic acids is 3. The van der Waals surface area contributed by atoms with E-state index in [0.717, 1.165) is 0 Å². The summed E-state index contributed by atoms with van der Waals surface area (Å²) < 4.78 is 14.5. The quantitative estimate of drug-likeness (QED) is 0.466. The van der Waals surface area contributed by atoms with Crippen molar-refractivity contribution < 1.29 is 28.6 Å². The Morgan fingerprint density at radius 3 is 2.46 bits per heavy atom. The summed E-state index contributed by atoms with van der Waals surface area (Å²) in [6.07, 6.45) is 0.551. The van der Waals surface area contributed by atoms with Crippen molar-refractivity contribution in [3.05, 3.63) is 41.2 Å². The third-order valence-corrected chi connectivity index (χ3v) is 3.43. The third-order valence-electron chi connectivity index (χ3n) is 3.43. The van der Waals surface area contributed by atoms with Crippen LogP contribution in [0.1, 0.15) is 29.9 Å². The molecule has 0 bridgehead atoms. The van der Waals surface area contributed by atoms with Crippen LogP contribution >= 0.6 is 0 Å². The van der Waals surface area contributed by atoms with Crippen LogP contribution in [0.2, 0.25) is 0 Å². The van der Waals surface area contributed by atoms with Crippen LogP contribution in [0, 0.1) is 0 Å². The Morgan fingerprint density at radius 2 is 1.81 bits per heavy atom. The number of carbonyl (C=O) groups is 3. The predicted molar refractivity (Wildman–Crippen MR) is 94.4 cm³/mol. The molecule has 0 unspecified atom stereocenters. The molecule has 2 aromatic rings. The van der Waals surface area contributed by atoms with Crippen molar-refractivity contribution in [3.63, 3.8) is 0 Å². The number of benzene rings is 1. The smallest absolute Gasteiger partial charge is 0.411 e. The first kappa shape index (κ1) is 19.0. The number of amides is 1. The minimum Gasteiger partial charge on any atom is -0.464 e. The summed E-state index contributed by atoms with van der Waals surface area (Å²) in [5, 5.41) is 3.01. The number of ether oxygens (including phenoxy) is 3. The molecule has 0 aliphatic heterocycles. The number of para-hydroxylation sites is 1. The lowest BCUT2D eigenvalue weighted by atomic mass is 10.1. The molecule has 2 rings (SSSR count). The van der Waals surface area contributed by atoms with E-state index in [1.807, 2.05) is 0 Å². The normalized spacial score (nSPS) is 11.1. The van der Waals surface area contributed by atoms with Crippen LogP contribution in [-0.4, -0.2) is 43.3 Å². The van der Waals surface area contributed by atoms with Gasteiger partial charge in [0.15, 0.2) is 0 Å². The summed E-state index contributed by atoms with van der Waals surface area (Å²) in [6, 6.07) is 7.16. The van der Waals surface area contributed by atoms with E-state index < -0.39 is 18.0 Å². The fraction of sp³-hybridized carbons (Fsp3) is 0.278. The molecule has 0 fully saturated rings. The molecular weight excluding hydrogens is 340 g/mol. The Bertz CT molecular complexity index is 852. The van der Waals surface area contributed by atoms with Crippen molar-refractivity contribution in [1.82, 2.24) is 10.3 Å². The van der Waals surface area contributed by atoms with Gasteiger partial charge in [0.2, 0.25) is 0 Å². The van der Waals surface area contributed by atoms with Crippen LogP contribution in [0.5, 0.6) is 0 Å². The molecule has 26 heavy (non-hydrogen) atoms. The summed E-state index contributed by atoms with van der Waals surface area (Å²) in [4.78, 5) is 39.0. The molecule has 0 atom stereocenters. The third kappa shape index (κ3) is 4.21. The first-order valence-electron chi connectivity index (χ1n) is 8.03. The van der Waals surface area contributed by atoms with E-state index in [1.165, 1.54) is 13.2 Å². The number of hydrogen-bond acceptors (Lipinski definition) is 6. The largest absolute Gasteiger partial charge is 0.464 e. The number of methoxy groups -OCH3 is 1. The van der Waals surface area contributed by atoms with Crippen molar-refractivity contribution >= 4 is 35.0 Å². The highest BCUT2D eigenvalue weighted by Crippen LogP contribution is 2.25. The summed E-state index contributed by atoms with van der Waals surface area (Å²) in [6.45, 7) is 3.67. The van der Waals surface area contributed by atoms with E-state index >= 15 is 0 Å². The Balaban J connectivity index is 2.57. The van der Waals surface area contributed by atoms with Gasteiger partial charge in [0.05, 0.1) is 20.3 Å². The maximum atomic E-state index is 12.3. The van der Waals surface area contributed by atoms with E-state index in [-0.39, 0.29) is 24.6 Å². The van der Waals surface area contributed by atoms with E-state index in [4.69, 9.17) is 14.2 Å². The van der Waals surface area contributed by atoms with Gasteiger partial charge in [-0.05, 0) is 26.0 Å². The summed E-state index contributed by atoms with van der Waals surface area (Å²) in [5.74, 6) is -1.35. The van der Waals surface area contributed by atoms with Gasteiger partial charge in [-0.3, -0.25) is 5.32 Å². The van der Waals surface area contributed by atoms with Gasteiger partial charge in [-0.25, -0.2) is 14.4 Å². The Hall–Kier alpha value is -3.29. The van der Waals surface area contributed by atoms with Gasteiger partial charge in [-0.15, -0.1) is 0 Å². The molecule has 0 spiro atoms. The van der Waals surface area contributed by atoms with Gasteiger partial charge in [0.1, 0.15) is 11.4 Å². The molecule has 1 aromatic carbocycles. The van der Waals surface area contributed by atoms with Gasteiger partial charge < -0.3 is 19.2 Å². The molecule has 138 valence electrons. The van der Waals surface area contributed by atoms with Crippen LogP contribution in [0.25, 0.3) is 17.0 Å². The Morgan fingerprint density at radius 1 is 1.12 bits per heavy atom. The summed E-state index contributed by atoms with van der Waals surface area (Å²) >= 11 is 0. The summed E-state index contributed by atoms with van der Waals surface area (Å²) in [7, 11) is 1.19. The van der Waals surface area contributed by atoms with Crippen LogP contribution in [-0.2, 0) is 19.0 Å². The number of rotatable bonds is 6. The molecule has 0 radical (unpaired) electrons. The van der Waals surface area contributed by atoms with Gasteiger partial charge in [0.25, 0.3) is 0 Å². The monoisotopic (exact) mass is 360 g/mol. The Kier molecular flexibility index (Phi) is 6.37. The van der Waals surface area contributed by atoms with E-state index in [2.05, 4.69) is 10.3 Å². The van der Waals surface area contributed by atoms with Crippen molar-refractivity contribution in [2.45, 2.75) is 13.8 Å². The SMILES string of the molecule is CCOC(=O)N/C(=C\c1c(C(=O)OCC)[nH]c2ccccc12)C(=O)OC. The number of nitrogens with one attached hydrogen (secondary N) is 2. The maximum Gasteiger partial charge on any atom is 0.411 e. The lowest BCUT2D eigenvalue weighted by Gasteiger charge is -2.08. The van der Waals surface area contributed by atoms with E-state index in [9.17, 15) is 14.4 Å². The second-order valence-electron chi connectivity index (χ2n) is 5.07. The first-order valence-corrected chi connectivity index (χ1v) is 8.03. The molecule has 0 aliphatic rings. The number of esters is 2. The Labute approximate surface area is 150 Å². The number of aromatic amines is 1. The number of hydrogen-bond donors (Lipinski definition) is 2. The second kappa shape index (κ2) is 8.70. The zero-order chi connectivity index (χ0) is 19.1. The van der Waals surface area contributed by atoms with Crippen LogP contribution < -0.4 is 5.32 Å². The number of alkyl carbamates (subject to hydrolysis) is 1. The molecule has 0 aliphatic carbocycles. The zero-order valence-electron chi connectivity index (χ0n) is 14.8. The van der Waals surface area contributed by atoms with Gasteiger partial charge in [-0.1, -0.05) is 18.2 Å². The fourth-order valence-corrected chi connectivity index (χ4v) is 2.36. The molecule has 1 amide bonds. The number of aromatic nitrogens is 1. The van der Waals surface area contributed by atoms with E-state index in [0.29, 0.717) is 16.5 Å². The molecule has 2 N–H and O–H groups in total. The fourth-order valence-electron chi connectivity index (χ4n) is 2.36. The lowest BCUT2D eigenvalue weighted by Crippen LogP contribution is -2.28. The minimum absolute atomic E-state index is 0.140. The molecule has 8 nitrogen and oxygen atoms in total. The van der Waals surface area contributed by atoms with Gasteiger partial charge in [0, 0.05) is 16.5 Å². The minimum atomic E-state index is -0.804. The van der Waals surface area contributed by atoms with E-state index in [1.54, 1.807) is 38.1 Å². The van der Waals surface area contributed by atoms with Crippen molar-refractivity contribution in [1.29, 1.82) is 0 Å². The van der Waals surface area contributed by atoms with Crippen LogP contribution in [0.15, 0.2) is 30.0 Å². The number of H-pyrrole nitrogens is 1. The molecule has 1 heterocycles. The average Bonchev–Trinajstić information content (AvgIpc) is 2.99. The van der Waals surface area contributed by atoms with Crippen LogP contribution in [0.4, 0.5) is 4.79 Å². The topological polar surface area (TPSA) is 107 Å². The van der Waals surface area contributed by atoms with Crippen molar-refractivity contribution in [2.75, 3.05) is 20.3 Å². The van der Waals surface area contributed by atoms with Gasteiger partial charge in [-0.2, -0.15) is 0 Å². The average molecular weight is 360 g/mol. The van der Waals surface area contributed by atoms with Crippen molar-refractivity contribution in [2.24, 2.45) is 0 Å². The van der Waals surface area contributed by atoms with Crippen LogP contribution in [0.3, 0.4) is 0 Å². The summed E-state index contributed by atoms with van der Waals surface area (Å²) in [5.41, 5.74) is 1.08. The second-order valence-corrected chi connectivity index (χ2v) is 5.07. The van der Waals surface area contributed by atoms with Gasteiger partial charge >= 0.3 is 18.0 Å².